The van der Waals surface area contributed by atoms with Crippen LogP contribution >= 0.6 is 11.8 Å². The fourth-order valence-electron chi connectivity index (χ4n) is 1.64. The van der Waals surface area contributed by atoms with Crippen LogP contribution in [0.3, 0.4) is 0 Å². The highest BCUT2D eigenvalue weighted by Gasteiger charge is 2.09. The SMILES string of the molecule is CSCCCNc1cc(C(=O)N(C)C)ccc1C. The quantitative estimate of drug-likeness (QED) is 0.804. The number of nitrogens with one attached hydrogen (secondary N) is 1. The van der Waals surface area contributed by atoms with Crippen molar-refractivity contribution in [3.63, 3.8) is 0 Å². The number of aryl methyl sites for hydroxylation is 1. The summed E-state index contributed by atoms with van der Waals surface area (Å²) in [5.74, 6) is 1.20. The minimum Gasteiger partial charge on any atom is -0.385 e. The molecule has 0 aliphatic rings. The molecule has 0 spiro atoms. The standard InChI is InChI=1S/C14H22N2OS/c1-11-6-7-12(14(17)16(2)3)10-13(11)15-8-5-9-18-4/h6-7,10,15H,5,8-9H2,1-4H3. The van der Waals surface area contributed by atoms with Gasteiger partial charge in [-0.25, -0.2) is 0 Å². The van der Waals surface area contributed by atoms with Crippen LogP contribution in [0.25, 0.3) is 0 Å². The molecule has 1 rings (SSSR count). The van der Waals surface area contributed by atoms with Crippen molar-refractivity contribution in [1.29, 1.82) is 0 Å². The molecule has 0 unspecified atom stereocenters. The Morgan fingerprint density at radius 1 is 1.39 bits per heavy atom. The second-order valence-corrected chi connectivity index (χ2v) is 5.49. The van der Waals surface area contributed by atoms with Gasteiger partial charge >= 0.3 is 0 Å². The number of hydrogen-bond acceptors (Lipinski definition) is 3. The third-order valence-electron chi connectivity index (χ3n) is 2.73. The Morgan fingerprint density at radius 2 is 2.11 bits per heavy atom. The Labute approximate surface area is 114 Å². The van der Waals surface area contributed by atoms with Crippen molar-refractivity contribution in [1.82, 2.24) is 4.90 Å². The van der Waals surface area contributed by atoms with E-state index < -0.39 is 0 Å². The summed E-state index contributed by atoms with van der Waals surface area (Å²) in [4.78, 5) is 13.5. The summed E-state index contributed by atoms with van der Waals surface area (Å²) < 4.78 is 0. The first-order valence-electron chi connectivity index (χ1n) is 6.11. The number of anilines is 1. The molecule has 0 bridgehead atoms. The fraction of sp³-hybridized carbons (Fsp3) is 0.500. The number of rotatable bonds is 6. The maximum absolute atomic E-state index is 11.9. The molecule has 4 heteroatoms. The van der Waals surface area contributed by atoms with Crippen LogP contribution in [0.5, 0.6) is 0 Å². The van der Waals surface area contributed by atoms with Crippen LogP contribution < -0.4 is 5.32 Å². The first-order valence-corrected chi connectivity index (χ1v) is 7.50. The van der Waals surface area contributed by atoms with Crippen LogP contribution in [0.2, 0.25) is 0 Å². The van der Waals surface area contributed by atoms with Crippen LogP contribution in [0.15, 0.2) is 18.2 Å². The molecule has 0 heterocycles. The van der Waals surface area contributed by atoms with Crippen LogP contribution in [0.4, 0.5) is 5.69 Å². The van der Waals surface area contributed by atoms with E-state index in [0.29, 0.717) is 0 Å². The number of amides is 1. The van der Waals surface area contributed by atoms with Gasteiger partial charge in [-0.2, -0.15) is 11.8 Å². The van der Waals surface area contributed by atoms with Crippen molar-refractivity contribution < 1.29 is 4.79 Å². The van der Waals surface area contributed by atoms with Crippen molar-refractivity contribution in [3.05, 3.63) is 29.3 Å². The predicted octanol–water partition coefficient (Wildman–Crippen LogP) is 2.86. The van der Waals surface area contributed by atoms with Gasteiger partial charge in [-0.15, -0.1) is 0 Å². The van der Waals surface area contributed by atoms with Gasteiger partial charge in [-0.3, -0.25) is 4.79 Å². The smallest absolute Gasteiger partial charge is 0.253 e. The molecule has 3 nitrogen and oxygen atoms in total. The van der Waals surface area contributed by atoms with Gasteiger partial charge in [-0.1, -0.05) is 6.07 Å². The lowest BCUT2D eigenvalue weighted by molar-refractivity contribution is 0.0827. The van der Waals surface area contributed by atoms with Crippen molar-refractivity contribution >= 4 is 23.4 Å². The Bertz CT molecular complexity index is 405. The molecule has 1 N–H and O–H groups in total. The van der Waals surface area contributed by atoms with E-state index in [9.17, 15) is 4.79 Å². The summed E-state index contributed by atoms with van der Waals surface area (Å²) in [6.45, 7) is 3.00. The normalized spacial score (nSPS) is 10.2. The second kappa shape index (κ2) is 7.31. The molecule has 0 saturated heterocycles. The predicted molar refractivity (Wildman–Crippen MR) is 80.7 cm³/mol. The third kappa shape index (κ3) is 4.26. The van der Waals surface area contributed by atoms with Gasteiger partial charge in [0, 0.05) is 31.9 Å². The number of thioether (sulfide) groups is 1. The maximum atomic E-state index is 11.9. The van der Waals surface area contributed by atoms with Gasteiger partial charge in [0.1, 0.15) is 0 Å². The van der Waals surface area contributed by atoms with Crippen LogP contribution in [-0.4, -0.2) is 43.5 Å². The Morgan fingerprint density at radius 3 is 2.72 bits per heavy atom. The lowest BCUT2D eigenvalue weighted by Gasteiger charge is -2.14. The number of nitrogens with zero attached hydrogens (tertiary/aromatic N) is 1. The molecule has 1 amide bonds. The number of benzene rings is 1. The number of carbonyl (C=O) groups is 1. The van der Waals surface area contributed by atoms with Crippen molar-refractivity contribution in [2.24, 2.45) is 0 Å². The average molecular weight is 266 g/mol. The van der Waals surface area contributed by atoms with Gasteiger partial charge in [0.05, 0.1) is 0 Å². The minimum absolute atomic E-state index is 0.0437. The molecule has 0 aromatic heterocycles. The van der Waals surface area contributed by atoms with Crippen LogP contribution in [0, 0.1) is 6.92 Å². The van der Waals surface area contributed by atoms with Crippen molar-refractivity contribution in [3.8, 4) is 0 Å². The molecule has 0 aliphatic carbocycles. The number of hydrogen-bond donors (Lipinski definition) is 1. The monoisotopic (exact) mass is 266 g/mol. The minimum atomic E-state index is 0.0437. The molecule has 100 valence electrons. The van der Waals surface area contributed by atoms with E-state index in [1.165, 1.54) is 5.56 Å². The first-order chi connectivity index (χ1) is 8.56. The molecular formula is C14H22N2OS. The fourth-order valence-corrected chi connectivity index (χ4v) is 2.08. The van der Waals surface area contributed by atoms with E-state index in [-0.39, 0.29) is 5.91 Å². The zero-order valence-corrected chi connectivity index (χ0v) is 12.4. The second-order valence-electron chi connectivity index (χ2n) is 4.50. The van der Waals surface area contributed by atoms with Crippen LogP contribution in [0.1, 0.15) is 22.3 Å². The molecule has 0 fully saturated rings. The molecule has 1 aromatic rings. The van der Waals surface area contributed by atoms with E-state index in [1.807, 2.05) is 30.0 Å². The lowest BCUT2D eigenvalue weighted by atomic mass is 10.1. The largest absolute Gasteiger partial charge is 0.385 e. The molecule has 0 saturated carbocycles. The topological polar surface area (TPSA) is 32.3 Å². The average Bonchev–Trinajstić information content (AvgIpc) is 2.35. The highest BCUT2D eigenvalue weighted by Crippen LogP contribution is 2.17. The van der Waals surface area contributed by atoms with Gasteiger partial charge in [0.15, 0.2) is 0 Å². The third-order valence-corrected chi connectivity index (χ3v) is 3.43. The van der Waals surface area contributed by atoms with E-state index in [1.54, 1.807) is 19.0 Å². The van der Waals surface area contributed by atoms with Gasteiger partial charge in [-0.05, 0) is 43.0 Å². The van der Waals surface area contributed by atoms with E-state index in [4.69, 9.17) is 0 Å². The highest BCUT2D eigenvalue weighted by molar-refractivity contribution is 7.98. The lowest BCUT2D eigenvalue weighted by Crippen LogP contribution is -2.21. The summed E-state index contributed by atoms with van der Waals surface area (Å²) in [5, 5.41) is 3.40. The summed E-state index contributed by atoms with van der Waals surface area (Å²) >= 11 is 1.85. The zero-order chi connectivity index (χ0) is 13.5. The molecule has 0 radical (unpaired) electrons. The summed E-state index contributed by atoms with van der Waals surface area (Å²) in [7, 11) is 3.54. The maximum Gasteiger partial charge on any atom is 0.253 e. The number of carbonyl (C=O) groups excluding carboxylic acids is 1. The van der Waals surface area contributed by atoms with E-state index in [2.05, 4.69) is 18.5 Å². The molecule has 18 heavy (non-hydrogen) atoms. The van der Waals surface area contributed by atoms with Gasteiger partial charge in [0.2, 0.25) is 0 Å². The van der Waals surface area contributed by atoms with Crippen LogP contribution in [-0.2, 0) is 0 Å². The van der Waals surface area contributed by atoms with E-state index in [0.717, 1.165) is 30.0 Å². The zero-order valence-electron chi connectivity index (χ0n) is 11.6. The Balaban J connectivity index is 2.72. The summed E-state index contributed by atoms with van der Waals surface area (Å²) in [5.41, 5.74) is 2.97. The summed E-state index contributed by atoms with van der Waals surface area (Å²) in [6.07, 6.45) is 3.24. The molecule has 1 aromatic carbocycles. The molecule has 0 aliphatic heterocycles. The summed E-state index contributed by atoms with van der Waals surface area (Å²) in [6, 6.07) is 5.81. The molecular weight excluding hydrogens is 244 g/mol. The van der Waals surface area contributed by atoms with Gasteiger partial charge < -0.3 is 10.2 Å². The first kappa shape index (κ1) is 14.9. The highest BCUT2D eigenvalue weighted by atomic mass is 32.2. The Kier molecular flexibility index (Phi) is 6.05. The van der Waals surface area contributed by atoms with Crippen molar-refractivity contribution in [2.45, 2.75) is 13.3 Å². The van der Waals surface area contributed by atoms with E-state index >= 15 is 0 Å². The Hall–Kier alpha value is -1.16. The van der Waals surface area contributed by atoms with Crippen molar-refractivity contribution in [2.75, 3.05) is 38.0 Å². The van der Waals surface area contributed by atoms with Gasteiger partial charge in [0.25, 0.3) is 5.91 Å². The molecule has 0 atom stereocenters.